The number of nitrogens with zero attached hydrogens (tertiary/aromatic N) is 1. The second-order valence-corrected chi connectivity index (χ2v) is 7.05. The van der Waals surface area contributed by atoms with Gasteiger partial charge in [-0.05, 0) is 48.7 Å². The average molecular weight is 402 g/mol. The lowest BCUT2D eigenvalue weighted by atomic mass is 9.98. The van der Waals surface area contributed by atoms with E-state index in [0.29, 0.717) is 24.5 Å². The highest BCUT2D eigenvalue weighted by molar-refractivity contribution is 6.06. The van der Waals surface area contributed by atoms with Crippen LogP contribution in [0.4, 0.5) is 0 Å². The summed E-state index contributed by atoms with van der Waals surface area (Å²) in [5.74, 6) is 1.34. The van der Waals surface area contributed by atoms with E-state index in [9.17, 15) is 4.79 Å². The number of benzene rings is 2. The van der Waals surface area contributed by atoms with Crippen LogP contribution in [0.3, 0.4) is 0 Å². The van der Waals surface area contributed by atoms with Crippen LogP contribution in [-0.2, 0) is 19.4 Å². The highest BCUT2D eigenvalue weighted by atomic mass is 16.5. The Bertz CT molecular complexity index is 1010. The molecular weight excluding hydrogens is 374 g/mol. The molecular formula is C26H27NO3. The van der Waals surface area contributed by atoms with E-state index in [-0.39, 0.29) is 5.78 Å². The minimum atomic E-state index is -0.0932. The minimum absolute atomic E-state index is 0.0932. The second-order valence-electron chi connectivity index (χ2n) is 7.05. The van der Waals surface area contributed by atoms with Gasteiger partial charge in [-0.2, -0.15) is 0 Å². The lowest BCUT2D eigenvalue weighted by Gasteiger charge is -2.13. The Kier molecular flexibility index (Phi) is 7.39. The van der Waals surface area contributed by atoms with Gasteiger partial charge in [0.2, 0.25) is 0 Å². The van der Waals surface area contributed by atoms with Crippen LogP contribution < -0.4 is 9.47 Å². The van der Waals surface area contributed by atoms with E-state index in [1.165, 1.54) is 11.6 Å². The van der Waals surface area contributed by atoms with Gasteiger partial charge in [-0.3, -0.25) is 9.78 Å². The van der Waals surface area contributed by atoms with Crippen LogP contribution in [-0.4, -0.2) is 17.4 Å². The van der Waals surface area contributed by atoms with E-state index in [2.05, 4.69) is 24.6 Å². The molecule has 154 valence electrons. The number of pyridine rings is 1. The Morgan fingerprint density at radius 1 is 1.07 bits per heavy atom. The molecule has 0 atom stereocenters. The molecule has 0 spiro atoms. The second kappa shape index (κ2) is 10.4. The van der Waals surface area contributed by atoms with Crippen molar-refractivity contribution >= 4 is 5.78 Å². The quantitative estimate of drug-likeness (QED) is 0.331. The number of ketones is 1. The Hall–Kier alpha value is -3.40. The molecule has 1 heterocycles. The zero-order valence-corrected chi connectivity index (χ0v) is 17.6. The Balaban J connectivity index is 1.59. The van der Waals surface area contributed by atoms with Crippen LogP contribution in [0.15, 0.2) is 73.4 Å². The number of rotatable bonds is 10. The van der Waals surface area contributed by atoms with Crippen molar-refractivity contribution < 1.29 is 14.3 Å². The van der Waals surface area contributed by atoms with Crippen molar-refractivity contribution in [1.29, 1.82) is 0 Å². The van der Waals surface area contributed by atoms with Crippen LogP contribution in [0.2, 0.25) is 0 Å². The number of allylic oxidation sites excluding steroid dienone is 1. The largest absolute Gasteiger partial charge is 0.493 e. The molecule has 2 aromatic carbocycles. The summed E-state index contributed by atoms with van der Waals surface area (Å²) in [6.07, 6.45) is 4.99. The third-order valence-corrected chi connectivity index (χ3v) is 4.91. The molecule has 0 aliphatic heterocycles. The van der Waals surface area contributed by atoms with Gasteiger partial charge < -0.3 is 9.47 Å². The van der Waals surface area contributed by atoms with E-state index in [0.717, 1.165) is 35.4 Å². The molecule has 0 radical (unpaired) electrons. The van der Waals surface area contributed by atoms with Crippen LogP contribution in [0, 0.1) is 6.92 Å². The first-order valence-electron chi connectivity index (χ1n) is 10.2. The molecule has 3 rings (SSSR count). The van der Waals surface area contributed by atoms with Crippen LogP contribution in [0.1, 0.15) is 39.7 Å². The molecule has 0 unspecified atom stereocenters. The fraction of sp³-hybridized carbons (Fsp3) is 0.231. The van der Waals surface area contributed by atoms with Gasteiger partial charge in [0.15, 0.2) is 5.78 Å². The Morgan fingerprint density at radius 3 is 2.53 bits per heavy atom. The van der Waals surface area contributed by atoms with Crippen LogP contribution >= 0.6 is 0 Å². The van der Waals surface area contributed by atoms with Crippen molar-refractivity contribution in [2.45, 2.75) is 33.3 Å². The van der Waals surface area contributed by atoms with Crippen molar-refractivity contribution in [3.8, 4) is 11.5 Å². The highest BCUT2D eigenvalue weighted by Gasteiger charge is 2.12. The number of aryl methyl sites for hydroxylation is 2. The lowest BCUT2D eigenvalue weighted by molar-refractivity contribution is 0.104. The molecule has 1 aromatic heterocycles. The lowest BCUT2D eigenvalue weighted by Crippen LogP contribution is -2.07. The Labute approximate surface area is 178 Å². The molecule has 0 amide bonds. The van der Waals surface area contributed by atoms with Crippen molar-refractivity contribution in [3.05, 3.63) is 101 Å². The molecule has 3 aromatic rings. The van der Waals surface area contributed by atoms with Gasteiger partial charge in [0.05, 0.1) is 6.61 Å². The number of aromatic nitrogens is 1. The molecule has 0 aliphatic rings. The molecule has 4 nitrogen and oxygen atoms in total. The van der Waals surface area contributed by atoms with Gasteiger partial charge in [-0.15, -0.1) is 0 Å². The van der Waals surface area contributed by atoms with Gasteiger partial charge in [0, 0.05) is 35.5 Å². The number of carbonyl (C=O) groups excluding carboxylic acids is 1. The number of hydrogen-bond acceptors (Lipinski definition) is 4. The molecule has 0 saturated carbocycles. The number of hydrogen-bond donors (Lipinski definition) is 0. The third kappa shape index (κ3) is 5.57. The van der Waals surface area contributed by atoms with Gasteiger partial charge in [0.25, 0.3) is 0 Å². The predicted octanol–water partition coefficient (Wildman–Crippen LogP) is 5.52. The van der Waals surface area contributed by atoms with E-state index in [4.69, 9.17) is 9.47 Å². The zero-order valence-electron chi connectivity index (χ0n) is 17.6. The summed E-state index contributed by atoms with van der Waals surface area (Å²) >= 11 is 0. The van der Waals surface area contributed by atoms with E-state index >= 15 is 0 Å². The molecule has 0 aliphatic carbocycles. The molecule has 30 heavy (non-hydrogen) atoms. The molecule has 0 N–H and O–H groups in total. The van der Waals surface area contributed by atoms with Gasteiger partial charge in [0.1, 0.15) is 18.1 Å². The summed E-state index contributed by atoms with van der Waals surface area (Å²) in [6, 6.07) is 17.4. The summed E-state index contributed by atoms with van der Waals surface area (Å²) in [6.45, 7) is 8.47. The molecule has 0 fully saturated rings. The summed E-state index contributed by atoms with van der Waals surface area (Å²) in [7, 11) is 0. The zero-order chi connectivity index (χ0) is 21.3. The standard InChI is InChI=1S/C26H27NO3/c1-4-20-12-13-22(27-17-20)14-15-29-23-10-7-11-24(16-23)30-18-21-9-6-8-19(3)26(21)25(28)5-2/h5-13,16-17H,2,4,14-15,18H2,1,3H3. The van der Waals surface area contributed by atoms with Crippen molar-refractivity contribution in [2.75, 3.05) is 6.61 Å². The predicted molar refractivity (Wildman–Crippen MR) is 119 cm³/mol. The summed E-state index contributed by atoms with van der Waals surface area (Å²) in [5.41, 5.74) is 4.66. The maximum absolute atomic E-state index is 12.2. The fourth-order valence-corrected chi connectivity index (χ4v) is 3.20. The van der Waals surface area contributed by atoms with Crippen LogP contribution in [0.5, 0.6) is 11.5 Å². The van der Waals surface area contributed by atoms with E-state index in [1.54, 1.807) is 0 Å². The smallest absolute Gasteiger partial charge is 0.185 e. The highest BCUT2D eigenvalue weighted by Crippen LogP contribution is 2.22. The fourth-order valence-electron chi connectivity index (χ4n) is 3.20. The average Bonchev–Trinajstić information content (AvgIpc) is 2.78. The summed E-state index contributed by atoms with van der Waals surface area (Å²) < 4.78 is 11.8. The third-order valence-electron chi connectivity index (χ3n) is 4.91. The van der Waals surface area contributed by atoms with Crippen molar-refractivity contribution in [3.63, 3.8) is 0 Å². The molecule has 0 bridgehead atoms. The first kappa shape index (κ1) is 21.3. The topological polar surface area (TPSA) is 48.4 Å². The summed E-state index contributed by atoms with van der Waals surface area (Å²) in [5, 5.41) is 0. The van der Waals surface area contributed by atoms with E-state index in [1.807, 2.05) is 61.7 Å². The molecule has 0 saturated heterocycles. The summed E-state index contributed by atoms with van der Waals surface area (Å²) in [4.78, 5) is 16.7. The maximum atomic E-state index is 12.2. The van der Waals surface area contributed by atoms with Gasteiger partial charge >= 0.3 is 0 Å². The minimum Gasteiger partial charge on any atom is -0.493 e. The monoisotopic (exact) mass is 401 g/mol. The molecule has 4 heteroatoms. The van der Waals surface area contributed by atoms with Crippen molar-refractivity contribution in [2.24, 2.45) is 0 Å². The Morgan fingerprint density at radius 2 is 1.83 bits per heavy atom. The van der Waals surface area contributed by atoms with Crippen LogP contribution in [0.25, 0.3) is 0 Å². The normalized spacial score (nSPS) is 10.5. The first-order valence-corrected chi connectivity index (χ1v) is 10.2. The first-order chi connectivity index (χ1) is 14.6. The van der Waals surface area contributed by atoms with E-state index < -0.39 is 0 Å². The van der Waals surface area contributed by atoms with Crippen molar-refractivity contribution in [1.82, 2.24) is 4.98 Å². The SMILES string of the molecule is C=CC(=O)c1c(C)cccc1COc1cccc(OCCc2ccc(CC)cn2)c1. The van der Waals surface area contributed by atoms with Gasteiger partial charge in [-0.25, -0.2) is 0 Å². The number of ether oxygens (including phenoxy) is 2. The number of carbonyl (C=O) groups is 1. The maximum Gasteiger partial charge on any atom is 0.185 e. The van der Waals surface area contributed by atoms with Gasteiger partial charge in [-0.1, -0.05) is 43.8 Å².